The highest BCUT2D eigenvalue weighted by Gasteiger charge is 2.28. The highest BCUT2D eigenvalue weighted by molar-refractivity contribution is 5.79. The second-order valence-corrected chi connectivity index (χ2v) is 6.94. The molecule has 2 fully saturated rings. The summed E-state index contributed by atoms with van der Waals surface area (Å²) >= 11 is 0. The summed E-state index contributed by atoms with van der Waals surface area (Å²) in [5.41, 5.74) is 0. The van der Waals surface area contributed by atoms with Gasteiger partial charge in [-0.15, -0.1) is 0 Å². The predicted molar refractivity (Wildman–Crippen MR) is 98.6 cm³/mol. The van der Waals surface area contributed by atoms with E-state index in [-0.39, 0.29) is 0 Å². The van der Waals surface area contributed by atoms with Crippen LogP contribution in [0.15, 0.2) is 4.99 Å². The molecule has 0 bridgehead atoms. The number of nitrogens with one attached hydrogen (secondary N) is 1. The quantitative estimate of drug-likeness (QED) is 0.312. The molecule has 24 heavy (non-hydrogen) atoms. The molecule has 2 saturated carbocycles. The SMILES string of the molecule is CCNC(=NCCN(CCOC)C1CC1)N(C)CCOCC1CC1. The molecular formula is C18H36N4O2. The number of hydrogen-bond acceptors (Lipinski definition) is 4. The number of nitrogens with zero attached hydrogens (tertiary/aromatic N) is 3. The Kier molecular flexibility index (Phi) is 8.84. The lowest BCUT2D eigenvalue weighted by Gasteiger charge is -2.23. The van der Waals surface area contributed by atoms with Crippen LogP contribution in [0.4, 0.5) is 0 Å². The van der Waals surface area contributed by atoms with Gasteiger partial charge in [0.15, 0.2) is 5.96 Å². The van der Waals surface area contributed by atoms with Crippen molar-refractivity contribution in [3.05, 3.63) is 0 Å². The Morgan fingerprint density at radius 1 is 1.12 bits per heavy atom. The maximum Gasteiger partial charge on any atom is 0.193 e. The summed E-state index contributed by atoms with van der Waals surface area (Å²) in [6, 6.07) is 0.756. The first kappa shape index (κ1) is 19.5. The van der Waals surface area contributed by atoms with Crippen LogP contribution in [0, 0.1) is 5.92 Å². The van der Waals surface area contributed by atoms with E-state index in [1.54, 1.807) is 7.11 Å². The minimum Gasteiger partial charge on any atom is -0.383 e. The lowest BCUT2D eigenvalue weighted by Crippen LogP contribution is -2.41. The third-order valence-corrected chi connectivity index (χ3v) is 4.61. The van der Waals surface area contributed by atoms with Gasteiger partial charge in [-0.25, -0.2) is 0 Å². The van der Waals surface area contributed by atoms with E-state index in [4.69, 9.17) is 14.5 Å². The molecule has 0 saturated heterocycles. The van der Waals surface area contributed by atoms with Crippen molar-refractivity contribution < 1.29 is 9.47 Å². The molecule has 2 aliphatic rings. The van der Waals surface area contributed by atoms with E-state index in [9.17, 15) is 0 Å². The number of guanidine groups is 1. The van der Waals surface area contributed by atoms with Crippen molar-refractivity contribution in [1.82, 2.24) is 15.1 Å². The number of hydrogen-bond donors (Lipinski definition) is 1. The second-order valence-electron chi connectivity index (χ2n) is 6.94. The Labute approximate surface area is 147 Å². The van der Waals surface area contributed by atoms with Crippen LogP contribution in [0.3, 0.4) is 0 Å². The van der Waals surface area contributed by atoms with E-state index in [1.165, 1.54) is 25.7 Å². The first-order valence-corrected chi connectivity index (χ1v) is 9.54. The minimum atomic E-state index is 0.756. The summed E-state index contributed by atoms with van der Waals surface area (Å²) in [5.74, 6) is 1.81. The maximum atomic E-state index is 5.74. The molecule has 0 amide bonds. The van der Waals surface area contributed by atoms with Gasteiger partial charge in [-0.05, 0) is 38.5 Å². The van der Waals surface area contributed by atoms with Gasteiger partial charge < -0.3 is 19.7 Å². The Morgan fingerprint density at radius 2 is 1.92 bits per heavy atom. The normalized spacial score (nSPS) is 18.2. The van der Waals surface area contributed by atoms with Crippen molar-refractivity contribution in [2.45, 2.75) is 38.6 Å². The lowest BCUT2D eigenvalue weighted by molar-refractivity contribution is 0.115. The zero-order chi connectivity index (χ0) is 17.2. The van der Waals surface area contributed by atoms with E-state index in [0.717, 1.165) is 70.5 Å². The van der Waals surface area contributed by atoms with Crippen LogP contribution < -0.4 is 5.32 Å². The van der Waals surface area contributed by atoms with Gasteiger partial charge in [-0.3, -0.25) is 9.89 Å². The molecule has 2 aliphatic carbocycles. The van der Waals surface area contributed by atoms with Crippen LogP contribution in [0.1, 0.15) is 32.6 Å². The van der Waals surface area contributed by atoms with Crippen molar-refractivity contribution in [1.29, 1.82) is 0 Å². The minimum absolute atomic E-state index is 0.756. The number of aliphatic imine (C=N–C) groups is 1. The smallest absolute Gasteiger partial charge is 0.193 e. The summed E-state index contributed by atoms with van der Waals surface area (Å²) in [4.78, 5) is 9.47. The molecule has 0 radical (unpaired) electrons. The summed E-state index contributed by atoms with van der Waals surface area (Å²) in [7, 11) is 3.86. The Hall–Kier alpha value is -0.850. The van der Waals surface area contributed by atoms with Gasteiger partial charge in [0.2, 0.25) is 0 Å². The van der Waals surface area contributed by atoms with E-state index >= 15 is 0 Å². The molecule has 0 atom stereocenters. The molecule has 6 nitrogen and oxygen atoms in total. The van der Waals surface area contributed by atoms with E-state index in [1.807, 2.05) is 0 Å². The molecule has 0 aliphatic heterocycles. The van der Waals surface area contributed by atoms with Crippen LogP contribution in [-0.4, -0.2) is 88.5 Å². The molecule has 0 spiro atoms. The fourth-order valence-corrected chi connectivity index (χ4v) is 2.72. The van der Waals surface area contributed by atoms with Crippen LogP contribution in [0.25, 0.3) is 0 Å². The van der Waals surface area contributed by atoms with Gasteiger partial charge in [-0.2, -0.15) is 0 Å². The summed E-state index contributed by atoms with van der Waals surface area (Å²) in [5, 5.41) is 3.38. The van der Waals surface area contributed by atoms with Gasteiger partial charge in [0.05, 0.1) is 19.8 Å². The monoisotopic (exact) mass is 340 g/mol. The van der Waals surface area contributed by atoms with Crippen LogP contribution >= 0.6 is 0 Å². The van der Waals surface area contributed by atoms with Gasteiger partial charge in [-0.1, -0.05) is 0 Å². The van der Waals surface area contributed by atoms with Crippen LogP contribution in [0.2, 0.25) is 0 Å². The first-order chi connectivity index (χ1) is 11.7. The third kappa shape index (κ3) is 7.81. The maximum absolute atomic E-state index is 5.74. The number of methoxy groups -OCH3 is 1. The van der Waals surface area contributed by atoms with Gasteiger partial charge in [0.25, 0.3) is 0 Å². The van der Waals surface area contributed by atoms with Gasteiger partial charge in [0, 0.05) is 53.0 Å². The largest absolute Gasteiger partial charge is 0.383 e. The average Bonchev–Trinajstić information content (AvgIpc) is 3.47. The summed E-state index contributed by atoms with van der Waals surface area (Å²) in [6.07, 6.45) is 5.35. The molecule has 0 unspecified atom stereocenters. The summed E-state index contributed by atoms with van der Waals surface area (Å²) < 4.78 is 11.0. The third-order valence-electron chi connectivity index (χ3n) is 4.61. The molecule has 0 aromatic rings. The van der Waals surface area contributed by atoms with E-state index < -0.39 is 0 Å². The van der Waals surface area contributed by atoms with Crippen molar-refractivity contribution in [3.63, 3.8) is 0 Å². The zero-order valence-electron chi connectivity index (χ0n) is 15.8. The van der Waals surface area contributed by atoms with E-state index in [2.05, 4.69) is 29.1 Å². The number of likely N-dealkylation sites (N-methyl/N-ethyl adjacent to an activating group) is 1. The first-order valence-electron chi connectivity index (χ1n) is 9.54. The van der Waals surface area contributed by atoms with Crippen molar-refractivity contribution in [3.8, 4) is 0 Å². The molecule has 0 aromatic carbocycles. The van der Waals surface area contributed by atoms with Crippen LogP contribution in [0.5, 0.6) is 0 Å². The molecule has 0 aromatic heterocycles. The van der Waals surface area contributed by atoms with E-state index in [0.29, 0.717) is 0 Å². The highest BCUT2D eigenvalue weighted by atomic mass is 16.5. The fourth-order valence-electron chi connectivity index (χ4n) is 2.72. The van der Waals surface area contributed by atoms with Crippen molar-refractivity contribution in [2.24, 2.45) is 10.9 Å². The number of rotatable bonds is 13. The molecule has 140 valence electrons. The van der Waals surface area contributed by atoms with Crippen LogP contribution in [-0.2, 0) is 9.47 Å². The Balaban J connectivity index is 1.68. The fraction of sp³-hybridized carbons (Fsp3) is 0.944. The molecule has 1 N–H and O–H groups in total. The average molecular weight is 341 g/mol. The Morgan fingerprint density at radius 3 is 2.54 bits per heavy atom. The van der Waals surface area contributed by atoms with Crippen molar-refractivity contribution in [2.75, 3.05) is 66.7 Å². The topological polar surface area (TPSA) is 49.3 Å². The second kappa shape index (κ2) is 10.9. The highest BCUT2D eigenvalue weighted by Crippen LogP contribution is 2.28. The predicted octanol–water partition coefficient (Wildman–Crippen LogP) is 1.42. The molecule has 6 heteroatoms. The number of ether oxygens (including phenoxy) is 2. The van der Waals surface area contributed by atoms with Gasteiger partial charge in [0.1, 0.15) is 0 Å². The Bertz CT molecular complexity index is 370. The van der Waals surface area contributed by atoms with Crippen molar-refractivity contribution >= 4 is 5.96 Å². The molecule has 0 heterocycles. The van der Waals surface area contributed by atoms with Gasteiger partial charge >= 0.3 is 0 Å². The lowest BCUT2D eigenvalue weighted by atomic mass is 10.4. The summed E-state index contributed by atoms with van der Waals surface area (Å²) in [6.45, 7) is 9.25. The zero-order valence-corrected chi connectivity index (χ0v) is 15.8. The molecule has 2 rings (SSSR count). The standard InChI is InChI=1S/C18H36N4O2/c1-4-19-18(21(2)11-14-24-15-16-5-6-16)20-9-10-22(12-13-23-3)17-7-8-17/h16-17H,4-15H2,1-3H3,(H,19,20). The molecular weight excluding hydrogens is 304 g/mol.